The Kier molecular flexibility index (Phi) is 5.37. The summed E-state index contributed by atoms with van der Waals surface area (Å²) in [6.07, 6.45) is 0. The van der Waals surface area contributed by atoms with Gasteiger partial charge in [-0.1, -0.05) is 0 Å². The Hall–Kier alpha value is -1.67. The molecule has 3 N–H and O–H groups in total. The van der Waals surface area contributed by atoms with Crippen molar-refractivity contribution >= 4 is 11.9 Å². The van der Waals surface area contributed by atoms with E-state index in [9.17, 15) is 0 Å². The monoisotopic (exact) mass is 242 g/mol. The summed E-state index contributed by atoms with van der Waals surface area (Å²) in [5.74, 6) is 5.99. The molecule has 0 aliphatic rings. The first-order valence-electron chi connectivity index (χ1n) is 5.28. The maximum absolute atomic E-state index is 5.33. The summed E-state index contributed by atoms with van der Waals surface area (Å²) in [4.78, 5) is 13.9. The zero-order chi connectivity index (χ0) is 12.7. The van der Waals surface area contributed by atoms with Gasteiger partial charge in [-0.25, -0.2) is 5.84 Å². The molecule has 96 valence electrons. The molecule has 1 aromatic heterocycles. The first-order valence-corrected chi connectivity index (χ1v) is 5.28. The molecular formula is C9H18N6O2. The number of nitrogens with two attached hydrogens (primary N) is 1. The molecule has 0 aromatic carbocycles. The summed E-state index contributed by atoms with van der Waals surface area (Å²) in [7, 11) is 3.64. The van der Waals surface area contributed by atoms with E-state index in [1.807, 2.05) is 21.0 Å². The summed E-state index contributed by atoms with van der Waals surface area (Å²) in [5, 5.41) is 0. The van der Waals surface area contributed by atoms with Crippen LogP contribution in [0.15, 0.2) is 0 Å². The van der Waals surface area contributed by atoms with Crippen LogP contribution in [0.2, 0.25) is 0 Å². The van der Waals surface area contributed by atoms with E-state index in [4.69, 9.17) is 15.3 Å². The summed E-state index contributed by atoms with van der Waals surface area (Å²) in [6, 6.07) is 0.219. The molecular weight excluding hydrogens is 224 g/mol. The number of hydrogen-bond acceptors (Lipinski definition) is 8. The highest BCUT2D eigenvalue weighted by Crippen LogP contribution is 2.11. The van der Waals surface area contributed by atoms with Gasteiger partial charge in [-0.3, -0.25) is 5.43 Å². The third-order valence-electron chi connectivity index (χ3n) is 1.80. The van der Waals surface area contributed by atoms with E-state index < -0.39 is 0 Å². The molecule has 0 saturated carbocycles. The van der Waals surface area contributed by atoms with Crippen LogP contribution in [0.1, 0.15) is 6.92 Å². The van der Waals surface area contributed by atoms with E-state index in [2.05, 4.69) is 20.4 Å². The van der Waals surface area contributed by atoms with Crippen molar-refractivity contribution in [3.05, 3.63) is 0 Å². The van der Waals surface area contributed by atoms with Gasteiger partial charge in [0.2, 0.25) is 11.9 Å². The summed E-state index contributed by atoms with van der Waals surface area (Å²) < 4.78 is 10.5. The Morgan fingerprint density at radius 2 is 2.00 bits per heavy atom. The summed E-state index contributed by atoms with van der Waals surface area (Å²) in [5.41, 5.74) is 2.36. The molecule has 0 aliphatic heterocycles. The highest BCUT2D eigenvalue weighted by molar-refractivity contribution is 5.35. The lowest BCUT2D eigenvalue weighted by molar-refractivity contribution is 0.106. The lowest BCUT2D eigenvalue weighted by atomic mass is 10.7. The van der Waals surface area contributed by atoms with Crippen molar-refractivity contribution in [1.29, 1.82) is 0 Å². The average Bonchev–Trinajstić information content (AvgIpc) is 2.34. The van der Waals surface area contributed by atoms with Gasteiger partial charge in [-0.05, 0) is 6.92 Å². The second kappa shape index (κ2) is 6.81. The molecule has 0 amide bonds. The first-order chi connectivity index (χ1) is 8.17. The van der Waals surface area contributed by atoms with Crippen LogP contribution in [0.25, 0.3) is 0 Å². The third kappa shape index (κ3) is 4.37. The molecule has 0 saturated heterocycles. The van der Waals surface area contributed by atoms with E-state index in [1.165, 1.54) is 0 Å². The number of nitrogens with one attached hydrogen (secondary N) is 1. The molecule has 0 atom stereocenters. The zero-order valence-electron chi connectivity index (χ0n) is 10.3. The van der Waals surface area contributed by atoms with Crippen LogP contribution < -0.4 is 20.9 Å². The van der Waals surface area contributed by atoms with Gasteiger partial charge in [0.25, 0.3) is 0 Å². The molecule has 17 heavy (non-hydrogen) atoms. The molecule has 1 aromatic rings. The number of nitrogen functional groups attached to an aromatic ring is 1. The van der Waals surface area contributed by atoms with Crippen molar-refractivity contribution in [2.45, 2.75) is 6.92 Å². The molecule has 0 radical (unpaired) electrons. The van der Waals surface area contributed by atoms with Crippen molar-refractivity contribution in [1.82, 2.24) is 15.0 Å². The van der Waals surface area contributed by atoms with Gasteiger partial charge < -0.3 is 14.4 Å². The van der Waals surface area contributed by atoms with Crippen molar-refractivity contribution in [2.75, 3.05) is 44.2 Å². The van der Waals surface area contributed by atoms with Crippen molar-refractivity contribution in [3.63, 3.8) is 0 Å². The van der Waals surface area contributed by atoms with Gasteiger partial charge in [-0.15, -0.1) is 0 Å². The maximum Gasteiger partial charge on any atom is 0.323 e. The SMILES string of the molecule is CCOCCOc1nc(NN)nc(N(C)C)n1. The molecule has 8 heteroatoms. The van der Waals surface area contributed by atoms with Crippen molar-refractivity contribution in [2.24, 2.45) is 5.84 Å². The van der Waals surface area contributed by atoms with Crippen LogP contribution in [-0.4, -0.2) is 48.9 Å². The van der Waals surface area contributed by atoms with Gasteiger partial charge in [0.1, 0.15) is 6.61 Å². The van der Waals surface area contributed by atoms with Crippen LogP contribution >= 0.6 is 0 Å². The molecule has 0 fully saturated rings. The molecule has 0 unspecified atom stereocenters. The number of ether oxygens (including phenoxy) is 2. The third-order valence-corrected chi connectivity index (χ3v) is 1.80. The Bertz CT molecular complexity index is 346. The van der Waals surface area contributed by atoms with Crippen molar-refractivity contribution in [3.8, 4) is 6.01 Å². The van der Waals surface area contributed by atoms with Crippen LogP contribution in [0, 0.1) is 0 Å². The number of hydrazine groups is 1. The zero-order valence-corrected chi connectivity index (χ0v) is 10.3. The largest absolute Gasteiger partial charge is 0.461 e. The fourth-order valence-electron chi connectivity index (χ4n) is 1.01. The first kappa shape index (κ1) is 13.4. The number of anilines is 2. The van der Waals surface area contributed by atoms with Crippen LogP contribution in [0.3, 0.4) is 0 Å². The quantitative estimate of drug-likeness (QED) is 0.380. The fraction of sp³-hybridized carbons (Fsp3) is 0.667. The minimum absolute atomic E-state index is 0.219. The lowest BCUT2D eigenvalue weighted by Crippen LogP contribution is -2.18. The molecule has 1 rings (SSSR count). The van der Waals surface area contributed by atoms with Crippen LogP contribution in [0.4, 0.5) is 11.9 Å². The van der Waals surface area contributed by atoms with Crippen LogP contribution in [-0.2, 0) is 4.74 Å². The standard InChI is InChI=1S/C9H18N6O2/c1-4-16-5-6-17-9-12-7(14-10)11-8(13-9)15(2)3/h4-6,10H2,1-3H3,(H,11,12,13,14). The van der Waals surface area contributed by atoms with E-state index >= 15 is 0 Å². The normalized spacial score (nSPS) is 10.1. The predicted molar refractivity (Wildman–Crippen MR) is 64.0 cm³/mol. The second-order valence-electron chi connectivity index (χ2n) is 3.33. The summed E-state index contributed by atoms with van der Waals surface area (Å²) >= 11 is 0. The Morgan fingerprint density at radius 3 is 2.59 bits per heavy atom. The topological polar surface area (TPSA) is 98.4 Å². The number of rotatable bonds is 7. The summed E-state index contributed by atoms with van der Waals surface area (Å²) in [6.45, 7) is 3.45. The van der Waals surface area contributed by atoms with Gasteiger partial charge >= 0.3 is 6.01 Å². The fourth-order valence-corrected chi connectivity index (χ4v) is 1.01. The lowest BCUT2D eigenvalue weighted by Gasteiger charge is -2.12. The smallest absolute Gasteiger partial charge is 0.323 e. The molecule has 0 aliphatic carbocycles. The number of aromatic nitrogens is 3. The van der Waals surface area contributed by atoms with E-state index in [-0.39, 0.29) is 12.0 Å². The highest BCUT2D eigenvalue weighted by atomic mass is 16.5. The van der Waals surface area contributed by atoms with E-state index in [1.54, 1.807) is 4.90 Å². The molecule has 1 heterocycles. The second-order valence-corrected chi connectivity index (χ2v) is 3.33. The van der Waals surface area contributed by atoms with Gasteiger partial charge in [0.05, 0.1) is 6.61 Å². The Morgan fingerprint density at radius 1 is 1.24 bits per heavy atom. The van der Waals surface area contributed by atoms with Gasteiger partial charge in [0, 0.05) is 20.7 Å². The Balaban J connectivity index is 2.66. The average molecular weight is 242 g/mol. The van der Waals surface area contributed by atoms with Gasteiger partial charge in [-0.2, -0.15) is 15.0 Å². The van der Waals surface area contributed by atoms with Crippen molar-refractivity contribution < 1.29 is 9.47 Å². The number of nitrogens with zero attached hydrogens (tertiary/aromatic N) is 4. The predicted octanol–water partition coefficient (Wildman–Crippen LogP) is -0.361. The molecule has 0 bridgehead atoms. The minimum atomic E-state index is 0.219. The molecule has 0 spiro atoms. The Labute approximate surface area is 100 Å². The maximum atomic E-state index is 5.33. The minimum Gasteiger partial charge on any atom is -0.461 e. The highest BCUT2D eigenvalue weighted by Gasteiger charge is 2.08. The van der Waals surface area contributed by atoms with Gasteiger partial charge in [0.15, 0.2) is 0 Å². The van der Waals surface area contributed by atoms with E-state index in [0.717, 1.165) is 0 Å². The number of hydrogen-bond donors (Lipinski definition) is 2. The molecule has 8 nitrogen and oxygen atoms in total. The van der Waals surface area contributed by atoms with E-state index in [0.29, 0.717) is 25.8 Å². The van der Waals surface area contributed by atoms with Crippen LogP contribution in [0.5, 0.6) is 6.01 Å².